The SMILES string of the molecule is CC(C)(C)CC(=O)N(Cc1cccc(Cl)c1)C[C@@H]1CC(c2ccc3c(c2)OCO3)=NO1. The van der Waals surface area contributed by atoms with E-state index in [1.54, 1.807) is 0 Å². The average molecular weight is 443 g/mol. The van der Waals surface area contributed by atoms with Crippen molar-refractivity contribution in [1.29, 1.82) is 0 Å². The van der Waals surface area contributed by atoms with E-state index in [-0.39, 0.29) is 24.2 Å². The number of oxime groups is 1. The largest absolute Gasteiger partial charge is 0.454 e. The molecule has 0 N–H and O–H groups in total. The molecular formula is C24H27ClN2O4. The van der Waals surface area contributed by atoms with Gasteiger partial charge in [-0.1, -0.05) is 49.7 Å². The third-order valence-corrected chi connectivity index (χ3v) is 5.39. The van der Waals surface area contributed by atoms with Crippen LogP contribution in [0, 0.1) is 5.41 Å². The van der Waals surface area contributed by atoms with Gasteiger partial charge in [0.2, 0.25) is 12.7 Å². The molecule has 2 aliphatic heterocycles. The van der Waals surface area contributed by atoms with Crippen LogP contribution < -0.4 is 9.47 Å². The maximum absolute atomic E-state index is 13.1. The molecule has 2 aromatic carbocycles. The number of rotatable bonds is 6. The molecule has 0 bridgehead atoms. The quantitative estimate of drug-likeness (QED) is 0.629. The Morgan fingerprint density at radius 3 is 2.74 bits per heavy atom. The van der Waals surface area contributed by atoms with Crippen LogP contribution in [0.3, 0.4) is 0 Å². The zero-order chi connectivity index (χ0) is 22.0. The summed E-state index contributed by atoms with van der Waals surface area (Å²) in [7, 11) is 0. The van der Waals surface area contributed by atoms with Gasteiger partial charge in [0, 0.05) is 30.0 Å². The van der Waals surface area contributed by atoms with E-state index in [9.17, 15) is 4.79 Å². The van der Waals surface area contributed by atoms with Gasteiger partial charge in [0.15, 0.2) is 17.6 Å². The standard InChI is InChI=1S/C24H27ClN2O4/c1-24(2,3)12-23(28)27(13-16-5-4-6-18(25)9-16)14-19-11-20(26-31-19)17-7-8-21-22(10-17)30-15-29-21/h4-10,19H,11-15H2,1-3H3/t19-/m0/s1. The second kappa shape index (κ2) is 8.79. The summed E-state index contributed by atoms with van der Waals surface area (Å²) < 4.78 is 10.8. The summed E-state index contributed by atoms with van der Waals surface area (Å²) in [6.45, 7) is 7.37. The van der Waals surface area contributed by atoms with Crippen LogP contribution >= 0.6 is 11.6 Å². The highest BCUT2D eigenvalue weighted by atomic mass is 35.5. The molecule has 2 heterocycles. The number of nitrogens with zero attached hydrogens (tertiary/aromatic N) is 2. The lowest BCUT2D eigenvalue weighted by Crippen LogP contribution is -2.38. The number of carbonyl (C=O) groups excluding carboxylic acids is 1. The van der Waals surface area contributed by atoms with Gasteiger partial charge in [-0.3, -0.25) is 4.79 Å². The Bertz CT molecular complexity index is 999. The van der Waals surface area contributed by atoms with E-state index < -0.39 is 0 Å². The van der Waals surface area contributed by atoms with Gasteiger partial charge in [-0.2, -0.15) is 0 Å². The van der Waals surface area contributed by atoms with E-state index in [0.29, 0.717) is 36.7 Å². The zero-order valence-electron chi connectivity index (χ0n) is 18.1. The molecule has 1 atom stereocenters. The second-order valence-corrected chi connectivity index (χ2v) is 9.62. The third-order valence-electron chi connectivity index (χ3n) is 5.16. The Morgan fingerprint density at radius 1 is 1.16 bits per heavy atom. The maximum Gasteiger partial charge on any atom is 0.231 e. The van der Waals surface area contributed by atoms with Gasteiger partial charge in [0.05, 0.1) is 12.3 Å². The van der Waals surface area contributed by atoms with Crippen LogP contribution in [0.5, 0.6) is 11.5 Å². The Morgan fingerprint density at radius 2 is 1.97 bits per heavy atom. The second-order valence-electron chi connectivity index (χ2n) is 9.18. The molecule has 0 aliphatic carbocycles. The number of fused-ring (bicyclic) bond motifs is 1. The van der Waals surface area contributed by atoms with E-state index >= 15 is 0 Å². The molecule has 4 rings (SSSR count). The van der Waals surface area contributed by atoms with Crippen molar-refractivity contribution >= 4 is 23.2 Å². The van der Waals surface area contributed by atoms with Crippen molar-refractivity contribution in [2.45, 2.75) is 46.3 Å². The van der Waals surface area contributed by atoms with Crippen molar-refractivity contribution in [3.63, 3.8) is 0 Å². The smallest absolute Gasteiger partial charge is 0.231 e. The van der Waals surface area contributed by atoms with E-state index in [1.807, 2.05) is 47.4 Å². The van der Waals surface area contributed by atoms with Gasteiger partial charge in [-0.15, -0.1) is 0 Å². The number of ether oxygens (including phenoxy) is 2. The molecule has 0 aromatic heterocycles. The summed E-state index contributed by atoms with van der Waals surface area (Å²) in [5, 5.41) is 4.94. The van der Waals surface area contributed by atoms with Gasteiger partial charge in [0.25, 0.3) is 0 Å². The van der Waals surface area contributed by atoms with Crippen molar-refractivity contribution in [3.8, 4) is 11.5 Å². The highest BCUT2D eigenvalue weighted by molar-refractivity contribution is 6.30. The molecule has 0 unspecified atom stereocenters. The minimum atomic E-state index is -0.205. The molecule has 164 valence electrons. The average Bonchev–Trinajstić information content (AvgIpc) is 3.35. The normalized spacial score (nSPS) is 17.3. The van der Waals surface area contributed by atoms with Crippen molar-refractivity contribution in [1.82, 2.24) is 4.90 Å². The Labute approximate surface area is 187 Å². The Hall–Kier alpha value is -2.73. The molecule has 0 saturated carbocycles. The maximum atomic E-state index is 13.1. The highest BCUT2D eigenvalue weighted by Gasteiger charge is 2.29. The van der Waals surface area contributed by atoms with E-state index in [0.717, 1.165) is 22.6 Å². The molecule has 2 aromatic rings. The lowest BCUT2D eigenvalue weighted by molar-refractivity contribution is -0.135. The Balaban J connectivity index is 1.45. The third kappa shape index (κ3) is 5.50. The van der Waals surface area contributed by atoms with Crippen LogP contribution in [0.2, 0.25) is 5.02 Å². The van der Waals surface area contributed by atoms with Crippen molar-refractivity contribution in [2.24, 2.45) is 10.6 Å². The van der Waals surface area contributed by atoms with E-state index in [2.05, 4.69) is 25.9 Å². The van der Waals surface area contributed by atoms with E-state index in [1.165, 1.54) is 0 Å². The fourth-order valence-electron chi connectivity index (χ4n) is 3.69. The fourth-order valence-corrected chi connectivity index (χ4v) is 3.91. The highest BCUT2D eigenvalue weighted by Crippen LogP contribution is 2.34. The lowest BCUT2D eigenvalue weighted by Gasteiger charge is -2.28. The predicted molar refractivity (Wildman–Crippen MR) is 120 cm³/mol. The number of benzene rings is 2. The van der Waals surface area contributed by atoms with Gasteiger partial charge in [0.1, 0.15) is 0 Å². The monoisotopic (exact) mass is 442 g/mol. The van der Waals surface area contributed by atoms with Crippen molar-refractivity contribution < 1.29 is 19.1 Å². The fraction of sp³-hybridized carbons (Fsp3) is 0.417. The molecule has 6 nitrogen and oxygen atoms in total. The molecule has 31 heavy (non-hydrogen) atoms. The minimum absolute atomic E-state index is 0.0904. The summed E-state index contributed by atoms with van der Waals surface area (Å²) in [6, 6.07) is 13.4. The summed E-state index contributed by atoms with van der Waals surface area (Å²) in [6.07, 6.45) is 0.869. The predicted octanol–water partition coefficient (Wildman–Crippen LogP) is 5.03. The van der Waals surface area contributed by atoms with Crippen molar-refractivity contribution in [2.75, 3.05) is 13.3 Å². The molecular weight excluding hydrogens is 416 g/mol. The number of carbonyl (C=O) groups is 1. The van der Waals surface area contributed by atoms with Crippen LogP contribution in [0.4, 0.5) is 0 Å². The molecule has 0 spiro atoms. The summed E-state index contributed by atoms with van der Waals surface area (Å²) >= 11 is 6.15. The molecule has 0 saturated heterocycles. The first kappa shape index (κ1) is 21.5. The Kier molecular flexibility index (Phi) is 6.10. The number of amides is 1. The zero-order valence-corrected chi connectivity index (χ0v) is 18.8. The lowest BCUT2D eigenvalue weighted by atomic mass is 9.91. The van der Waals surface area contributed by atoms with Crippen molar-refractivity contribution in [3.05, 3.63) is 58.6 Å². The summed E-state index contributed by atoms with van der Waals surface area (Å²) in [5.74, 6) is 1.54. The van der Waals surface area contributed by atoms with Crippen LogP contribution in [0.25, 0.3) is 0 Å². The van der Waals surface area contributed by atoms with Gasteiger partial charge in [-0.25, -0.2) is 0 Å². The molecule has 2 aliphatic rings. The van der Waals surface area contributed by atoms with Gasteiger partial charge >= 0.3 is 0 Å². The number of hydrogen-bond acceptors (Lipinski definition) is 5. The van der Waals surface area contributed by atoms with Gasteiger partial charge < -0.3 is 19.2 Å². The molecule has 7 heteroatoms. The summed E-state index contributed by atoms with van der Waals surface area (Å²) in [4.78, 5) is 20.6. The van der Waals surface area contributed by atoms with E-state index in [4.69, 9.17) is 25.9 Å². The topological polar surface area (TPSA) is 60.4 Å². The first-order valence-electron chi connectivity index (χ1n) is 10.4. The number of hydrogen-bond donors (Lipinski definition) is 0. The molecule has 0 fully saturated rings. The molecule has 1 amide bonds. The first-order chi connectivity index (χ1) is 14.8. The first-order valence-corrected chi connectivity index (χ1v) is 10.8. The van der Waals surface area contributed by atoms with Crippen LogP contribution in [-0.4, -0.2) is 36.0 Å². The number of halogens is 1. The minimum Gasteiger partial charge on any atom is -0.454 e. The molecule has 0 radical (unpaired) electrons. The van der Waals surface area contributed by atoms with Crippen LogP contribution in [0.1, 0.15) is 44.7 Å². The van der Waals surface area contributed by atoms with Crippen LogP contribution in [-0.2, 0) is 16.2 Å². The van der Waals surface area contributed by atoms with Gasteiger partial charge in [-0.05, 0) is 41.3 Å². The summed E-state index contributed by atoms with van der Waals surface area (Å²) in [5.41, 5.74) is 2.67. The van der Waals surface area contributed by atoms with Crippen LogP contribution in [0.15, 0.2) is 47.6 Å².